The van der Waals surface area contributed by atoms with E-state index in [2.05, 4.69) is 0 Å². The zero-order valence-electron chi connectivity index (χ0n) is 12.1. The van der Waals surface area contributed by atoms with Gasteiger partial charge < -0.3 is 19.3 Å². The van der Waals surface area contributed by atoms with Crippen LogP contribution in [0.3, 0.4) is 0 Å². The Morgan fingerprint density at radius 2 is 1.81 bits per heavy atom. The van der Waals surface area contributed by atoms with Crippen LogP contribution in [0.4, 0.5) is 0 Å². The molecule has 0 amide bonds. The first-order chi connectivity index (χ1) is 10.2. The van der Waals surface area contributed by atoms with E-state index in [9.17, 15) is 5.11 Å². The van der Waals surface area contributed by atoms with Crippen LogP contribution in [0.1, 0.15) is 29.8 Å². The Balaban J connectivity index is 1.90. The summed E-state index contributed by atoms with van der Waals surface area (Å²) >= 11 is 0. The molecule has 4 heteroatoms. The van der Waals surface area contributed by atoms with Gasteiger partial charge in [0.15, 0.2) is 0 Å². The molecule has 2 aromatic carbocycles. The molecule has 0 saturated carbocycles. The second-order valence-corrected chi connectivity index (χ2v) is 5.04. The molecule has 3 rings (SSSR count). The molecule has 0 bridgehead atoms. The molecule has 0 aliphatic carbocycles. The van der Waals surface area contributed by atoms with E-state index < -0.39 is 6.10 Å². The number of methoxy groups -OCH3 is 2. The number of hydrogen-bond acceptors (Lipinski definition) is 4. The summed E-state index contributed by atoms with van der Waals surface area (Å²) in [7, 11) is 3.24. The number of benzene rings is 2. The molecule has 2 aromatic rings. The number of fused-ring (bicyclic) bond motifs is 1. The van der Waals surface area contributed by atoms with Gasteiger partial charge in [-0.1, -0.05) is 12.1 Å². The van der Waals surface area contributed by atoms with Crippen molar-refractivity contribution < 1.29 is 19.3 Å². The minimum Gasteiger partial charge on any atom is -0.497 e. The summed E-state index contributed by atoms with van der Waals surface area (Å²) in [5.74, 6) is 2.20. The number of rotatable bonds is 3. The molecule has 1 aliphatic heterocycles. The van der Waals surface area contributed by atoms with Crippen LogP contribution < -0.4 is 14.2 Å². The van der Waals surface area contributed by atoms with Gasteiger partial charge in [-0.15, -0.1) is 0 Å². The normalized spacial score (nSPS) is 20.3. The van der Waals surface area contributed by atoms with Crippen molar-refractivity contribution in [2.45, 2.75) is 18.6 Å². The molecule has 0 fully saturated rings. The van der Waals surface area contributed by atoms with Gasteiger partial charge in [0.05, 0.1) is 20.3 Å². The fourth-order valence-electron chi connectivity index (χ4n) is 2.60. The van der Waals surface area contributed by atoms with Crippen LogP contribution in [0.25, 0.3) is 0 Å². The second kappa shape index (κ2) is 5.66. The Kier molecular flexibility index (Phi) is 3.71. The average molecular weight is 286 g/mol. The summed E-state index contributed by atoms with van der Waals surface area (Å²) in [5, 5.41) is 10.4. The predicted molar refractivity (Wildman–Crippen MR) is 78.9 cm³/mol. The van der Waals surface area contributed by atoms with Crippen LogP contribution in [0.5, 0.6) is 17.2 Å². The minimum absolute atomic E-state index is 0.184. The standard InChI is InChI=1S/C17H18O4/c1-19-12-5-3-4-11(8-12)17-10-15(18)14-9-13(20-2)6-7-16(14)21-17/h3-9,15,17-18H,10H2,1-2H3/t15-,17?/m0/s1. The summed E-state index contributed by atoms with van der Waals surface area (Å²) in [6.07, 6.45) is -0.246. The molecule has 1 unspecified atom stereocenters. The molecule has 0 radical (unpaired) electrons. The van der Waals surface area contributed by atoms with Crippen LogP contribution in [0.15, 0.2) is 42.5 Å². The van der Waals surface area contributed by atoms with Crippen molar-refractivity contribution in [3.05, 3.63) is 53.6 Å². The lowest BCUT2D eigenvalue weighted by atomic mass is 9.95. The molecular formula is C17H18O4. The first kappa shape index (κ1) is 13.8. The molecule has 1 aliphatic rings. The van der Waals surface area contributed by atoms with Gasteiger partial charge >= 0.3 is 0 Å². The van der Waals surface area contributed by atoms with Crippen molar-refractivity contribution in [3.63, 3.8) is 0 Å². The largest absolute Gasteiger partial charge is 0.497 e. The predicted octanol–water partition coefficient (Wildman–Crippen LogP) is 3.26. The van der Waals surface area contributed by atoms with Crippen molar-refractivity contribution in [2.75, 3.05) is 14.2 Å². The van der Waals surface area contributed by atoms with E-state index in [0.29, 0.717) is 12.2 Å². The Morgan fingerprint density at radius 3 is 2.57 bits per heavy atom. The van der Waals surface area contributed by atoms with E-state index in [1.54, 1.807) is 14.2 Å². The summed E-state index contributed by atoms with van der Waals surface area (Å²) in [6, 6.07) is 13.2. The van der Waals surface area contributed by atoms with Crippen LogP contribution in [0, 0.1) is 0 Å². The fraction of sp³-hybridized carbons (Fsp3) is 0.294. The van der Waals surface area contributed by atoms with Gasteiger partial charge in [-0.2, -0.15) is 0 Å². The van der Waals surface area contributed by atoms with Crippen LogP contribution in [-0.4, -0.2) is 19.3 Å². The molecule has 21 heavy (non-hydrogen) atoms. The lowest BCUT2D eigenvalue weighted by Crippen LogP contribution is -2.19. The maximum atomic E-state index is 10.4. The quantitative estimate of drug-likeness (QED) is 0.941. The summed E-state index contributed by atoms with van der Waals surface area (Å²) in [4.78, 5) is 0. The Bertz CT molecular complexity index is 638. The van der Waals surface area contributed by atoms with Gasteiger partial charge in [0.2, 0.25) is 0 Å². The van der Waals surface area contributed by atoms with Crippen molar-refractivity contribution in [3.8, 4) is 17.2 Å². The van der Waals surface area contributed by atoms with E-state index in [4.69, 9.17) is 14.2 Å². The van der Waals surface area contributed by atoms with Crippen LogP contribution in [-0.2, 0) is 0 Å². The van der Waals surface area contributed by atoms with E-state index >= 15 is 0 Å². The van der Waals surface area contributed by atoms with E-state index in [0.717, 1.165) is 22.6 Å². The Labute approximate surface area is 123 Å². The van der Waals surface area contributed by atoms with Gasteiger partial charge in [-0.25, -0.2) is 0 Å². The van der Waals surface area contributed by atoms with Gasteiger partial charge in [0, 0.05) is 12.0 Å². The number of ether oxygens (including phenoxy) is 3. The molecule has 110 valence electrons. The van der Waals surface area contributed by atoms with Gasteiger partial charge in [0.25, 0.3) is 0 Å². The molecule has 2 atom stereocenters. The second-order valence-electron chi connectivity index (χ2n) is 5.04. The Morgan fingerprint density at radius 1 is 1.05 bits per heavy atom. The van der Waals surface area contributed by atoms with E-state index in [-0.39, 0.29) is 6.10 Å². The number of aliphatic hydroxyl groups is 1. The lowest BCUT2D eigenvalue weighted by Gasteiger charge is -2.30. The summed E-state index contributed by atoms with van der Waals surface area (Å²) < 4.78 is 16.4. The molecule has 4 nitrogen and oxygen atoms in total. The molecule has 1 heterocycles. The zero-order valence-corrected chi connectivity index (χ0v) is 12.1. The lowest BCUT2D eigenvalue weighted by molar-refractivity contribution is 0.0653. The highest BCUT2D eigenvalue weighted by molar-refractivity contribution is 5.44. The first-order valence-corrected chi connectivity index (χ1v) is 6.88. The van der Waals surface area contributed by atoms with Crippen molar-refractivity contribution in [1.82, 2.24) is 0 Å². The average Bonchev–Trinajstić information content (AvgIpc) is 2.54. The van der Waals surface area contributed by atoms with Gasteiger partial charge in [0.1, 0.15) is 23.4 Å². The third kappa shape index (κ3) is 2.67. The minimum atomic E-state index is -0.569. The third-order valence-corrected chi connectivity index (χ3v) is 3.75. The maximum absolute atomic E-state index is 10.4. The molecular weight excluding hydrogens is 268 g/mol. The third-order valence-electron chi connectivity index (χ3n) is 3.75. The van der Waals surface area contributed by atoms with E-state index in [1.165, 1.54) is 0 Å². The highest BCUT2D eigenvalue weighted by Crippen LogP contribution is 2.42. The van der Waals surface area contributed by atoms with Gasteiger partial charge in [-0.05, 0) is 35.9 Å². The number of aliphatic hydroxyl groups excluding tert-OH is 1. The van der Waals surface area contributed by atoms with Crippen LogP contribution >= 0.6 is 0 Å². The summed E-state index contributed by atoms with van der Waals surface area (Å²) in [6.45, 7) is 0. The topological polar surface area (TPSA) is 47.9 Å². The smallest absolute Gasteiger partial charge is 0.127 e. The highest BCUT2D eigenvalue weighted by atomic mass is 16.5. The molecule has 0 spiro atoms. The molecule has 0 aromatic heterocycles. The first-order valence-electron chi connectivity index (χ1n) is 6.88. The van der Waals surface area contributed by atoms with Crippen molar-refractivity contribution >= 4 is 0 Å². The Hall–Kier alpha value is -2.20. The zero-order chi connectivity index (χ0) is 14.8. The van der Waals surface area contributed by atoms with Crippen LogP contribution in [0.2, 0.25) is 0 Å². The summed E-state index contributed by atoms with van der Waals surface area (Å²) in [5.41, 5.74) is 1.77. The monoisotopic (exact) mass is 286 g/mol. The van der Waals surface area contributed by atoms with Crippen molar-refractivity contribution in [1.29, 1.82) is 0 Å². The molecule has 1 N–H and O–H groups in total. The highest BCUT2D eigenvalue weighted by Gasteiger charge is 2.28. The van der Waals surface area contributed by atoms with Crippen molar-refractivity contribution in [2.24, 2.45) is 0 Å². The SMILES string of the molecule is COc1cccc(C2C[C@H](O)c3cc(OC)ccc3O2)c1. The molecule has 0 saturated heterocycles. The van der Waals surface area contributed by atoms with Gasteiger partial charge in [-0.3, -0.25) is 0 Å². The maximum Gasteiger partial charge on any atom is 0.127 e. The van der Waals surface area contributed by atoms with E-state index in [1.807, 2.05) is 42.5 Å². The number of hydrogen-bond donors (Lipinski definition) is 1. The fourth-order valence-corrected chi connectivity index (χ4v) is 2.60.